The number of halogens is 1. The number of aryl methyl sites for hydroxylation is 2. The Morgan fingerprint density at radius 1 is 1.19 bits per heavy atom. The lowest BCUT2D eigenvalue weighted by Crippen LogP contribution is -1.99. The van der Waals surface area contributed by atoms with E-state index in [1.807, 2.05) is 38.1 Å². The van der Waals surface area contributed by atoms with E-state index in [-0.39, 0.29) is 0 Å². The quantitative estimate of drug-likeness (QED) is 0.569. The third-order valence-electron chi connectivity index (χ3n) is 5.00. The van der Waals surface area contributed by atoms with Gasteiger partial charge in [0.25, 0.3) is 0 Å². The summed E-state index contributed by atoms with van der Waals surface area (Å²) in [6.07, 6.45) is 4.89. The zero-order chi connectivity index (χ0) is 20.0. The Morgan fingerprint density at radius 3 is 2.48 bits per heavy atom. The van der Waals surface area contributed by atoms with Gasteiger partial charge < -0.3 is 0 Å². The van der Waals surface area contributed by atoms with Crippen molar-refractivity contribution in [2.24, 2.45) is 0 Å². The Morgan fingerprint density at radius 2 is 1.93 bits per heavy atom. The van der Waals surface area contributed by atoms with Gasteiger partial charge in [0, 0.05) is 5.56 Å². The van der Waals surface area contributed by atoms with Gasteiger partial charge in [-0.25, -0.2) is 0 Å². The zero-order valence-electron chi connectivity index (χ0n) is 16.4. The van der Waals surface area contributed by atoms with Crippen LogP contribution >= 0.6 is 0 Å². The van der Waals surface area contributed by atoms with Crippen LogP contribution in [0.4, 0.5) is 4.39 Å². The maximum absolute atomic E-state index is 12.5. The first kappa shape index (κ1) is 20.2. The Bertz CT molecular complexity index is 1010. The molecule has 0 amide bonds. The lowest BCUT2D eigenvalue weighted by Gasteiger charge is -2.15. The van der Waals surface area contributed by atoms with E-state index in [1.54, 1.807) is 6.08 Å². The van der Waals surface area contributed by atoms with Gasteiger partial charge in [0.15, 0.2) is 0 Å². The first-order chi connectivity index (χ1) is 12.9. The second kappa shape index (κ2) is 9.02. The molecule has 1 nitrogen and oxygen atoms in total. The van der Waals surface area contributed by atoms with Crippen molar-refractivity contribution in [3.8, 4) is 18.2 Å². The van der Waals surface area contributed by atoms with Gasteiger partial charge in [0.1, 0.15) is 6.17 Å². The van der Waals surface area contributed by atoms with E-state index in [2.05, 4.69) is 38.5 Å². The highest BCUT2D eigenvalue weighted by molar-refractivity contribution is 5.71. The minimum Gasteiger partial charge on any atom is -0.192 e. The van der Waals surface area contributed by atoms with E-state index in [0.29, 0.717) is 5.56 Å². The molecule has 0 unspecified atom stereocenters. The van der Waals surface area contributed by atoms with Crippen LogP contribution < -0.4 is 0 Å². The maximum Gasteiger partial charge on any atom is 0.111 e. The summed E-state index contributed by atoms with van der Waals surface area (Å²) in [6.45, 7) is 12.2. The molecule has 0 N–H and O–H groups in total. The third-order valence-corrected chi connectivity index (χ3v) is 5.00. The Labute approximate surface area is 161 Å². The minimum absolute atomic E-state index is 0.674. The van der Waals surface area contributed by atoms with Gasteiger partial charge in [-0.3, -0.25) is 0 Å². The molecule has 0 saturated heterocycles. The van der Waals surface area contributed by atoms with Crippen LogP contribution in [-0.4, -0.2) is 0 Å². The molecule has 2 aromatic carbocycles. The van der Waals surface area contributed by atoms with Crippen LogP contribution in [0, 0.1) is 30.3 Å². The van der Waals surface area contributed by atoms with Gasteiger partial charge in [-0.2, -0.15) is 5.26 Å². The van der Waals surface area contributed by atoms with E-state index in [4.69, 9.17) is 5.26 Å². The fraction of sp³-hybridized carbons (Fsp3) is 0.240. The highest BCUT2D eigenvalue weighted by atomic mass is 19.1. The molecule has 27 heavy (non-hydrogen) atoms. The Hall–Kier alpha value is -3.10. The summed E-state index contributed by atoms with van der Waals surface area (Å²) in [6, 6.07) is 12.0. The largest absolute Gasteiger partial charge is 0.192 e. The van der Waals surface area contributed by atoms with Crippen LogP contribution in [0.2, 0.25) is 0 Å². The van der Waals surface area contributed by atoms with Crippen LogP contribution in [0.15, 0.2) is 42.5 Å². The van der Waals surface area contributed by atoms with E-state index in [1.165, 1.54) is 17.3 Å². The number of benzene rings is 2. The van der Waals surface area contributed by atoms with Gasteiger partial charge in [-0.05, 0) is 91.1 Å². The lowest BCUT2D eigenvalue weighted by molar-refractivity contribution is 0.773. The first-order valence-electron chi connectivity index (χ1n) is 9.02. The lowest BCUT2D eigenvalue weighted by atomic mass is 9.90. The smallest absolute Gasteiger partial charge is 0.111 e. The second-order valence-corrected chi connectivity index (χ2v) is 6.71. The number of hydrogen-bond donors (Lipinski definition) is 0. The summed E-state index contributed by atoms with van der Waals surface area (Å²) < 4.78 is 12.5. The Kier molecular flexibility index (Phi) is 6.75. The molecule has 0 atom stereocenters. The van der Waals surface area contributed by atoms with Crippen LogP contribution in [-0.2, 0) is 12.8 Å². The second-order valence-electron chi connectivity index (χ2n) is 6.71. The number of nitrogens with zero attached hydrogens (tertiary/aromatic N) is 1. The molecule has 2 heteroatoms. The van der Waals surface area contributed by atoms with Crippen molar-refractivity contribution in [2.45, 2.75) is 40.5 Å². The molecule has 136 valence electrons. The molecule has 0 radical (unpaired) electrons. The van der Waals surface area contributed by atoms with Crippen molar-refractivity contribution in [3.05, 3.63) is 81.4 Å². The fourth-order valence-electron chi connectivity index (χ4n) is 3.32. The normalized spacial score (nSPS) is 11.1. The van der Waals surface area contributed by atoms with Gasteiger partial charge >= 0.3 is 0 Å². The molecule has 0 heterocycles. The van der Waals surface area contributed by atoms with E-state index < -0.39 is 0 Å². The van der Waals surface area contributed by atoms with E-state index in [0.717, 1.165) is 46.2 Å². The SMILES string of the molecule is C=Cc1cc(C#CF)c(CC)cc1C/C(C)=C(\C)c1ccc(C#N)cc1C. The van der Waals surface area contributed by atoms with Crippen molar-refractivity contribution in [1.29, 1.82) is 5.26 Å². The summed E-state index contributed by atoms with van der Waals surface area (Å²) in [4.78, 5) is 0. The van der Waals surface area contributed by atoms with Gasteiger partial charge in [0.05, 0.1) is 11.6 Å². The fourth-order valence-corrected chi connectivity index (χ4v) is 3.32. The van der Waals surface area contributed by atoms with Crippen molar-refractivity contribution in [2.75, 3.05) is 0 Å². The molecule has 0 aliphatic heterocycles. The van der Waals surface area contributed by atoms with Crippen molar-refractivity contribution in [3.63, 3.8) is 0 Å². The van der Waals surface area contributed by atoms with Gasteiger partial charge in [-0.15, -0.1) is 4.39 Å². The summed E-state index contributed by atoms with van der Waals surface area (Å²) in [7, 11) is 0. The van der Waals surface area contributed by atoms with Crippen molar-refractivity contribution in [1.82, 2.24) is 0 Å². The van der Waals surface area contributed by atoms with Crippen molar-refractivity contribution >= 4 is 11.6 Å². The monoisotopic (exact) mass is 357 g/mol. The van der Waals surface area contributed by atoms with E-state index >= 15 is 0 Å². The summed E-state index contributed by atoms with van der Waals surface area (Å²) in [5.41, 5.74) is 9.28. The highest BCUT2D eigenvalue weighted by Crippen LogP contribution is 2.27. The minimum atomic E-state index is 0.674. The molecular formula is C25H24FN. The molecule has 0 aromatic heterocycles. The zero-order valence-corrected chi connectivity index (χ0v) is 16.4. The Balaban J connectivity index is 2.48. The molecule has 0 bridgehead atoms. The molecule has 0 saturated carbocycles. The standard InChI is InChI=1S/C25H24FN/c1-6-21-15-24(22(7-2)14-23(21)10-11-26)13-17(3)19(5)25-9-8-20(16-27)12-18(25)4/h7-9,12,14-15H,2,6,13H2,1,3-5H3/b19-17+. The third kappa shape index (κ3) is 4.55. The predicted molar refractivity (Wildman–Crippen MR) is 112 cm³/mol. The van der Waals surface area contributed by atoms with Crippen LogP contribution in [0.3, 0.4) is 0 Å². The molecule has 2 aromatic rings. The molecule has 0 aliphatic carbocycles. The van der Waals surface area contributed by atoms with Crippen LogP contribution in [0.1, 0.15) is 59.7 Å². The van der Waals surface area contributed by atoms with Crippen LogP contribution in [0.5, 0.6) is 0 Å². The van der Waals surface area contributed by atoms with E-state index in [9.17, 15) is 4.39 Å². The average Bonchev–Trinajstić information content (AvgIpc) is 2.68. The highest BCUT2D eigenvalue weighted by Gasteiger charge is 2.10. The summed E-state index contributed by atoms with van der Waals surface area (Å²) in [5, 5.41) is 9.06. The number of rotatable bonds is 5. The first-order valence-corrected chi connectivity index (χ1v) is 9.02. The maximum atomic E-state index is 12.5. The molecule has 0 aliphatic rings. The topological polar surface area (TPSA) is 23.8 Å². The van der Waals surface area contributed by atoms with Gasteiger partial charge in [-0.1, -0.05) is 37.3 Å². The number of allylic oxidation sites excluding steroid dienone is 2. The molecule has 2 rings (SSSR count). The van der Waals surface area contributed by atoms with Gasteiger partial charge in [0.2, 0.25) is 0 Å². The number of nitriles is 1. The number of hydrogen-bond acceptors (Lipinski definition) is 1. The average molecular weight is 357 g/mol. The summed E-state index contributed by atoms with van der Waals surface area (Å²) in [5.74, 6) is 2.55. The van der Waals surface area contributed by atoms with Crippen molar-refractivity contribution < 1.29 is 4.39 Å². The molecule has 0 spiro atoms. The predicted octanol–water partition coefficient (Wildman–Crippen LogP) is 6.39. The summed E-state index contributed by atoms with van der Waals surface area (Å²) >= 11 is 0. The molecular weight excluding hydrogens is 333 g/mol. The molecule has 0 fully saturated rings. The van der Waals surface area contributed by atoms with Crippen LogP contribution in [0.25, 0.3) is 11.6 Å².